The first-order valence-electron chi connectivity index (χ1n) is 7.74. The average Bonchev–Trinajstić information content (AvgIpc) is 3.30. The van der Waals surface area contributed by atoms with E-state index in [1.54, 1.807) is 0 Å². The number of likely N-dealkylation sites (N-methyl/N-ethyl adjacent to an activating group) is 2. The second-order valence-corrected chi connectivity index (χ2v) is 6.25. The number of aromatic nitrogens is 2. The molecule has 0 unspecified atom stereocenters. The van der Waals surface area contributed by atoms with Gasteiger partial charge in [0, 0.05) is 25.7 Å². The summed E-state index contributed by atoms with van der Waals surface area (Å²) in [6.07, 6.45) is 5.63. The molecule has 0 radical (unpaired) electrons. The SMILES string of the molecule is CN1CCC[C@H](N(C)c2ncc([N+](=O)[O-])c(NC3CC3)n2)C1. The molecule has 1 atom stereocenters. The Balaban J connectivity index is 1.81. The molecule has 1 N–H and O–H groups in total. The molecular weight excluding hydrogens is 284 g/mol. The standard InChI is InChI=1S/C14H22N6O2/c1-18-7-3-4-11(9-18)19(2)14-15-8-12(20(21)22)13(17-14)16-10-5-6-10/h8,10-11H,3-7,9H2,1-2H3,(H,15,16,17)/t11-/m0/s1. The third-order valence-corrected chi connectivity index (χ3v) is 4.33. The Morgan fingerprint density at radius 1 is 1.45 bits per heavy atom. The predicted octanol–water partition coefficient (Wildman–Crippen LogP) is 1.49. The van der Waals surface area contributed by atoms with Crippen LogP contribution in [0.25, 0.3) is 0 Å². The number of hydrogen-bond donors (Lipinski definition) is 1. The van der Waals surface area contributed by atoms with Crippen LogP contribution in [0.5, 0.6) is 0 Å². The molecule has 1 aromatic heterocycles. The molecule has 1 saturated carbocycles. The summed E-state index contributed by atoms with van der Waals surface area (Å²) < 4.78 is 0. The lowest BCUT2D eigenvalue weighted by Gasteiger charge is -2.35. The number of nitrogens with one attached hydrogen (secondary N) is 1. The lowest BCUT2D eigenvalue weighted by molar-refractivity contribution is -0.384. The fraction of sp³-hybridized carbons (Fsp3) is 0.714. The molecule has 8 heteroatoms. The molecule has 0 bridgehead atoms. The van der Waals surface area contributed by atoms with Crippen LogP contribution < -0.4 is 10.2 Å². The van der Waals surface area contributed by atoms with Gasteiger partial charge in [0.1, 0.15) is 6.20 Å². The van der Waals surface area contributed by atoms with E-state index < -0.39 is 4.92 Å². The van der Waals surface area contributed by atoms with E-state index in [1.165, 1.54) is 6.20 Å². The summed E-state index contributed by atoms with van der Waals surface area (Å²) in [7, 11) is 4.07. The number of piperidine rings is 1. The van der Waals surface area contributed by atoms with Crippen LogP contribution in [0.3, 0.4) is 0 Å². The first-order valence-corrected chi connectivity index (χ1v) is 7.74. The minimum Gasteiger partial charge on any atom is -0.361 e. The van der Waals surface area contributed by atoms with Gasteiger partial charge in [-0.25, -0.2) is 4.98 Å². The molecule has 3 rings (SSSR count). The van der Waals surface area contributed by atoms with Gasteiger partial charge in [0.05, 0.1) is 4.92 Å². The second kappa shape index (κ2) is 6.04. The van der Waals surface area contributed by atoms with Crippen molar-refractivity contribution in [3.05, 3.63) is 16.3 Å². The van der Waals surface area contributed by atoms with Crippen molar-refractivity contribution in [2.45, 2.75) is 37.8 Å². The van der Waals surface area contributed by atoms with Crippen LogP contribution >= 0.6 is 0 Å². The Morgan fingerprint density at radius 3 is 2.86 bits per heavy atom. The molecule has 2 fully saturated rings. The first kappa shape index (κ1) is 15.0. The monoisotopic (exact) mass is 306 g/mol. The van der Waals surface area contributed by atoms with E-state index in [9.17, 15) is 10.1 Å². The molecule has 0 spiro atoms. The van der Waals surface area contributed by atoms with Crippen molar-refractivity contribution in [3.63, 3.8) is 0 Å². The van der Waals surface area contributed by atoms with Crippen LogP contribution in [0.4, 0.5) is 17.5 Å². The third kappa shape index (κ3) is 3.27. The van der Waals surface area contributed by atoms with Crippen LogP contribution in [0, 0.1) is 10.1 Å². The van der Waals surface area contributed by atoms with Crippen LogP contribution in [0.2, 0.25) is 0 Å². The zero-order valence-corrected chi connectivity index (χ0v) is 13.0. The molecule has 1 aliphatic carbocycles. The fourth-order valence-electron chi connectivity index (χ4n) is 2.82. The van der Waals surface area contributed by atoms with Crippen LogP contribution in [0.15, 0.2) is 6.20 Å². The molecule has 0 aromatic carbocycles. The lowest BCUT2D eigenvalue weighted by Crippen LogP contribution is -2.45. The number of likely N-dealkylation sites (tertiary alicyclic amines) is 1. The summed E-state index contributed by atoms with van der Waals surface area (Å²) in [4.78, 5) is 23.6. The Hall–Kier alpha value is -1.96. The van der Waals surface area contributed by atoms with E-state index in [2.05, 4.69) is 27.2 Å². The lowest BCUT2D eigenvalue weighted by atomic mass is 10.1. The van der Waals surface area contributed by atoms with Gasteiger partial charge in [0.25, 0.3) is 0 Å². The van der Waals surface area contributed by atoms with Gasteiger partial charge in [-0.2, -0.15) is 4.98 Å². The maximum Gasteiger partial charge on any atom is 0.329 e. The highest BCUT2D eigenvalue weighted by atomic mass is 16.6. The maximum absolute atomic E-state index is 11.1. The number of anilines is 2. The van der Waals surface area contributed by atoms with Crippen molar-refractivity contribution in [2.75, 3.05) is 37.4 Å². The zero-order chi connectivity index (χ0) is 15.7. The van der Waals surface area contributed by atoms with Gasteiger partial charge in [-0.05, 0) is 39.3 Å². The van der Waals surface area contributed by atoms with Gasteiger partial charge in [0.15, 0.2) is 0 Å². The molecule has 120 valence electrons. The highest BCUT2D eigenvalue weighted by Gasteiger charge is 2.28. The highest BCUT2D eigenvalue weighted by Crippen LogP contribution is 2.30. The van der Waals surface area contributed by atoms with E-state index in [0.29, 0.717) is 23.8 Å². The van der Waals surface area contributed by atoms with Crippen molar-refractivity contribution in [2.24, 2.45) is 0 Å². The van der Waals surface area contributed by atoms with E-state index in [4.69, 9.17) is 0 Å². The van der Waals surface area contributed by atoms with E-state index >= 15 is 0 Å². The Morgan fingerprint density at radius 2 is 2.23 bits per heavy atom. The molecule has 1 aromatic rings. The molecule has 1 saturated heterocycles. The Kier molecular flexibility index (Phi) is 4.10. The largest absolute Gasteiger partial charge is 0.361 e. The van der Waals surface area contributed by atoms with Crippen molar-refractivity contribution < 1.29 is 4.92 Å². The summed E-state index contributed by atoms with van der Waals surface area (Å²) in [6.45, 7) is 2.07. The van der Waals surface area contributed by atoms with E-state index in [-0.39, 0.29) is 5.69 Å². The molecule has 2 aliphatic rings. The van der Waals surface area contributed by atoms with Crippen LogP contribution in [0.1, 0.15) is 25.7 Å². The maximum atomic E-state index is 11.1. The molecule has 1 aliphatic heterocycles. The van der Waals surface area contributed by atoms with Crippen molar-refractivity contribution in [1.29, 1.82) is 0 Å². The molecular formula is C14H22N6O2. The van der Waals surface area contributed by atoms with Gasteiger partial charge in [0.2, 0.25) is 11.8 Å². The van der Waals surface area contributed by atoms with Crippen molar-refractivity contribution in [1.82, 2.24) is 14.9 Å². The summed E-state index contributed by atoms with van der Waals surface area (Å²) in [5.41, 5.74) is -0.0511. The topological polar surface area (TPSA) is 87.4 Å². The zero-order valence-electron chi connectivity index (χ0n) is 13.0. The van der Waals surface area contributed by atoms with E-state index in [1.807, 2.05) is 11.9 Å². The summed E-state index contributed by atoms with van der Waals surface area (Å²) >= 11 is 0. The number of hydrogen-bond acceptors (Lipinski definition) is 7. The van der Waals surface area contributed by atoms with E-state index in [0.717, 1.165) is 38.8 Å². The van der Waals surface area contributed by atoms with Gasteiger partial charge in [-0.3, -0.25) is 10.1 Å². The number of rotatable bonds is 5. The highest BCUT2D eigenvalue weighted by molar-refractivity contribution is 5.58. The summed E-state index contributed by atoms with van der Waals surface area (Å²) in [6, 6.07) is 0.654. The summed E-state index contributed by atoms with van der Waals surface area (Å²) in [5.74, 6) is 0.891. The minimum absolute atomic E-state index is 0.0511. The normalized spacial score (nSPS) is 22.4. The van der Waals surface area contributed by atoms with Crippen LogP contribution in [-0.2, 0) is 0 Å². The third-order valence-electron chi connectivity index (χ3n) is 4.33. The number of nitro groups is 1. The average molecular weight is 306 g/mol. The minimum atomic E-state index is -0.428. The van der Waals surface area contributed by atoms with Gasteiger partial charge < -0.3 is 15.1 Å². The summed E-state index contributed by atoms with van der Waals surface area (Å²) in [5, 5.41) is 14.3. The van der Waals surface area contributed by atoms with Crippen molar-refractivity contribution >= 4 is 17.5 Å². The molecule has 0 amide bonds. The second-order valence-electron chi connectivity index (χ2n) is 6.25. The fourth-order valence-corrected chi connectivity index (χ4v) is 2.82. The molecule has 2 heterocycles. The van der Waals surface area contributed by atoms with Gasteiger partial charge in [-0.1, -0.05) is 0 Å². The first-order chi connectivity index (χ1) is 10.5. The molecule has 22 heavy (non-hydrogen) atoms. The quantitative estimate of drug-likeness (QED) is 0.651. The Labute approximate surface area is 129 Å². The predicted molar refractivity (Wildman–Crippen MR) is 84.3 cm³/mol. The van der Waals surface area contributed by atoms with Crippen LogP contribution in [-0.4, -0.2) is 59.1 Å². The molecule has 8 nitrogen and oxygen atoms in total. The van der Waals surface area contributed by atoms with Crippen molar-refractivity contribution in [3.8, 4) is 0 Å². The Bertz CT molecular complexity index is 562. The smallest absolute Gasteiger partial charge is 0.329 e. The van der Waals surface area contributed by atoms with Gasteiger partial charge in [-0.15, -0.1) is 0 Å². The number of nitrogens with zero attached hydrogens (tertiary/aromatic N) is 5. The van der Waals surface area contributed by atoms with Gasteiger partial charge >= 0.3 is 5.69 Å².